The Labute approximate surface area is 103 Å². The molecule has 18 heavy (non-hydrogen) atoms. The first kappa shape index (κ1) is 12.9. The first-order chi connectivity index (χ1) is 8.23. The minimum absolute atomic E-state index is 0.0111. The molecule has 0 heterocycles. The molecule has 1 unspecified atom stereocenters. The summed E-state index contributed by atoms with van der Waals surface area (Å²) in [4.78, 5) is 11.3. The molecule has 0 spiro atoms. The van der Waals surface area contributed by atoms with E-state index in [0.29, 0.717) is 0 Å². The average Bonchev–Trinajstić information content (AvgIpc) is 2.28. The fourth-order valence-electron chi connectivity index (χ4n) is 1.88. The number of hydrogen-bond donors (Lipinski definition) is 0. The van der Waals surface area contributed by atoms with Gasteiger partial charge >= 0.3 is 6.18 Å². The van der Waals surface area contributed by atoms with E-state index in [4.69, 9.17) is 4.74 Å². The fourth-order valence-corrected chi connectivity index (χ4v) is 1.88. The maximum Gasteiger partial charge on any atom is 0.419 e. The van der Waals surface area contributed by atoms with Gasteiger partial charge in [-0.05, 0) is 26.0 Å². The van der Waals surface area contributed by atoms with E-state index in [0.717, 1.165) is 6.07 Å². The number of para-hydroxylation sites is 1. The molecule has 0 radical (unpaired) electrons. The van der Waals surface area contributed by atoms with Crippen LogP contribution in [0.2, 0.25) is 0 Å². The van der Waals surface area contributed by atoms with E-state index in [9.17, 15) is 18.0 Å². The molecule has 1 aliphatic rings. The maximum atomic E-state index is 12.7. The lowest BCUT2D eigenvalue weighted by atomic mass is 9.68. The van der Waals surface area contributed by atoms with Gasteiger partial charge in [-0.25, -0.2) is 0 Å². The predicted octanol–water partition coefficient (Wildman–Crippen LogP) is 3.45. The van der Waals surface area contributed by atoms with Crippen LogP contribution < -0.4 is 4.74 Å². The number of alkyl halides is 3. The zero-order valence-electron chi connectivity index (χ0n) is 10.0. The standard InChI is InChI=1S/C13H13F3O2/c1-12(2)10(17)7-11(12)18-9-6-4-3-5-8(9)13(14,15)16/h3-6,11H,7H2,1-2H3. The van der Waals surface area contributed by atoms with Gasteiger partial charge in [-0.3, -0.25) is 4.79 Å². The number of ketones is 1. The van der Waals surface area contributed by atoms with Gasteiger partial charge in [0.2, 0.25) is 0 Å². The van der Waals surface area contributed by atoms with Crippen molar-refractivity contribution in [2.24, 2.45) is 5.41 Å². The van der Waals surface area contributed by atoms with Gasteiger partial charge in [0.25, 0.3) is 0 Å². The highest BCUT2D eigenvalue weighted by atomic mass is 19.4. The number of carbonyl (C=O) groups excluding carboxylic acids is 1. The molecular weight excluding hydrogens is 245 g/mol. The molecule has 2 nitrogen and oxygen atoms in total. The van der Waals surface area contributed by atoms with Crippen LogP contribution in [0.4, 0.5) is 13.2 Å². The Morgan fingerprint density at radius 1 is 1.28 bits per heavy atom. The highest BCUT2D eigenvalue weighted by Gasteiger charge is 2.50. The van der Waals surface area contributed by atoms with Crippen molar-refractivity contribution in [3.8, 4) is 5.75 Å². The van der Waals surface area contributed by atoms with Crippen LogP contribution in [-0.2, 0) is 11.0 Å². The van der Waals surface area contributed by atoms with Gasteiger partial charge in [-0.1, -0.05) is 12.1 Å². The van der Waals surface area contributed by atoms with Crippen LogP contribution in [0, 0.1) is 5.41 Å². The van der Waals surface area contributed by atoms with Crippen LogP contribution in [0.15, 0.2) is 24.3 Å². The first-order valence-corrected chi connectivity index (χ1v) is 5.59. The summed E-state index contributed by atoms with van der Waals surface area (Å²) in [7, 11) is 0. The smallest absolute Gasteiger partial charge is 0.419 e. The second-order valence-corrected chi connectivity index (χ2v) is 4.95. The Hall–Kier alpha value is -1.52. The van der Waals surface area contributed by atoms with E-state index < -0.39 is 23.3 Å². The molecule has 1 fully saturated rings. The van der Waals surface area contributed by atoms with Crippen molar-refractivity contribution in [1.29, 1.82) is 0 Å². The number of Topliss-reactive ketones (excluding diaryl/α,β-unsaturated/α-hetero) is 1. The van der Waals surface area contributed by atoms with Gasteiger partial charge in [0.1, 0.15) is 17.6 Å². The van der Waals surface area contributed by atoms with E-state index in [2.05, 4.69) is 0 Å². The molecule has 0 N–H and O–H groups in total. The van der Waals surface area contributed by atoms with Crippen molar-refractivity contribution in [2.75, 3.05) is 0 Å². The van der Waals surface area contributed by atoms with Gasteiger partial charge in [-0.15, -0.1) is 0 Å². The van der Waals surface area contributed by atoms with Crippen molar-refractivity contribution in [1.82, 2.24) is 0 Å². The largest absolute Gasteiger partial charge is 0.488 e. The van der Waals surface area contributed by atoms with Gasteiger partial charge in [0.05, 0.1) is 11.0 Å². The van der Waals surface area contributed by atoms with E-state index in [-0.39, 0.29) is 18.0 Å². The molecule has 98 valence electrons. The SMILES string of the molecule is CC1(C)C(=O)CC1Oc1ccccc1C(F)(F)F. The van der Waals surface area contributed by atoms with Crippen LogP contribution in [-0.4, -0.2) is 11.9 Å². The Morgan fingerprint density at radius 2 is 1.89 bits per heavy atom. The van der Waals surface area contributed by atoms with Crippen LogP contribution >= 0.6 is 0 Å². The second kappa shape index (κ2) is 4.00. The third-order valence-corrected chi connectivity index (χ3v) is 3.36. The molecule has 0 aliphatic heterocycles. The Bertz CT molecular complexity index is 477. The van der Waals surface area contributed by atoms with Crippen LogP contribution in [0.1, 0.15) is 25.8 Å². The highest BCUT2D eigenvalue weighted by molar-refractivity contribution is 5.91. The molecule has 2 rings (SSSR count). The Morgan fingerprint density at radius 3 is 2.39 bits per heavy atom. The molecule has 0 amide bonds. The number of hydrogen-bond acceptors (Lipinski definition) is 2. The summed E-state index contributed by atoms with van der Waals surface area (Å²) in [6, 6.07) is 5.05. The van der Waals surface area contributed by atoms with Crippen molar-refractivity contribution in [3.63, 3.8) is 0 Å². The van der Waals surface area contributed by atoms with Crippen molar-refractivity contribution in [2.45, 2.75) is 32.5 Å². The zero-order valence-corrected chi connectivity index (χ0v) is 10.0. The minimum Gasteiger partial charge on any atom is -0.488 e. The third kappa shape index (κ3) is 2.09. The predicted molar refractivity (Wildman–Crippen MR) is 59.3 cm³/mol. The number of benzene rings is 1. The van der Waals surface area contributed by atoms with E-state index in [1.807, 2.05) is 0 Å². The monoisotopic (exact) mass is 258 g/mol. The number of carbonyl (C=O) groups is 1. The molecule has 1 atom stereocenters. The topological polar surface area (TPSA) is 26.3 Å². The van der Waals surface area contributed by atoms with Crippen molar-refractivity contribution >= 4 is 5.78 Å². The molecule has 0 aromatic heterocycles. The normalized spacial score (nSPS) is 22.5. The van der Waals surface area contributed by atoms with Gasteiger partial charge in [0, 0.05) is 6.42 Å². The third-order valence-electron chi connectivity index (χ3n) is 3.36. The van der Waals surface area contributed by atoms with E-state index >= 15 is 0 Å². The van der Waals surface area contributed by atoms with Gasteiger partial charge < -0.3 is 4.74 Å². The van der Waals surface area contributed by atoms with E-state index in [1.54, 1.807) is 13.8 Å². The summed E-state index contributed by atoms with van der Waals surface area (Å²) in [5.41, 5.74) is -1.52. The van der Waals surface area contributed by atoms with Crippen LogP contribution in [0.5, 0.6) is 5.75 Å². The summed E-state index contributed by atoms with van der Waals surface area (Å²) in [6.07, 6.45) is -4.78. The summed E-state index contributed by atoms with van der Waals surface area (Å²) >= 11 is 0. The Balaban J connectivity index is 2.23. The summed E-state index contributed by atoms with van der Waals surface area (Å²) in [5, 5.41) is 0. The second-order valence-electron chi connectivity index (χ2n) is 4.95. The van der Waals surface area contributed by atoms with Gasteiger partial charge in [-0.2, -0.15) is 13.2 Å². The molecule has 1 aliphatic carbocycles. The van der Waals surface area contributed by atoms with Gasteiger partial charge in [0.15, 0.2) is 0 Å². The lowest BCUT2D eigenvalue weighted by Gasteiger charge is -2.42. The average molecular weight is 258 g/mol. The summed E-state index contributed by atoms with van der Waals surface area (Å²) in [6.45, 7) is 3.36. The quantitative estimate of drug-likeness (QED) is 0.812. The number of halogens is 3. The lowest BCUT2D eigenvalue weighted by Crippen LogP contribution is -2.53. The molecular formula is C13H13F3O2. The molecule has 0 bridgehead atoms. The maximum absolute atomic E-state index is 12.7. The zero-order chi connectivity index (χ0) is 13.6. The minimum atomic E-state index is -4.45. The number of ether oxygens (including phenoxy) is 1. The van der Waals surface area contributed by atoms with E-state index in [1.165, 1.54) is 18.2 Å². The molecule has 0 saturated heterocycles. The molecule has 1 saturated carbocycles. The molecule has 1 aromatic carbocycles. The molecule has 1 aromatic rings. The first-order valence-electron chi connectivity index (χ1n) is 5.59. The van der Waals surface area contributed by atoms with Crippen LogP contribution in [0.3, 0.4) is 0 Å². The Kier molecular flexibility index (Phi) is 2.87. The fraction of sp³-hybridized carbons (Fsp3) is 0.462. The lowest BCUT2D eigenvalue weighted by molar-refractivity contribution is -0.150. The summed E-state index contributed by atoms with van der Waals surface area (Å²) < 4.78 is 43.6. The molecule has 5 heteroatoms. The van der Waals surface area contributed by atoms with Crippen molar-refractivity contribution < 1.29 is 22.7 Å². The summed E-state index contributed by atoms with van der Waals surface area (Å²) in [5.74, 6) is -0.201. The van der Waals surface area contributed by atoms with Crippen molar-refractivity contribution in [3.05, 3.63) is 29.8 Å². The number of rotatable bonds is 2. The highest BCUT2D eigenvalue weighted by Crippen LogP contribution is 2.42. The van der Waals surface area contributed by atoms with Crippen LogP contribution in [0.25, 0.3) is 0 Å².